The third kappa shape index (κ3) is 1.73. The van der Waals surface area contributed by atoms with E-state index < -0.39 is 10.0 Å². The summed E-state index contributed by atoms with van der Waals surface area (Å²) in [4.78, 5) is 1.76. The average Bonchev–Trinajstić information content (AvgIpc) is 2.05. The smallest absolute Gasteiger partial charge is 0.253 e. The Morgan fingerprint density at radius 3 is 2.50 bits per heavy atom. The first-order chi connectivity index (χ1) is 5.56. The molecule has 0 atom stereocenters. The Morgan fingerprint density at radius 2 is 2.00 bits per heavy atom. The van der Waals surface area contributed by atoms with Crippen molar-refractivity contribution in [3.8, 4) is 0 Å². The van der Waals surface area contributed by atoms with Crippen molar-refractivity contribution in [3.63, 3.8) is 0 Å². The summed E-state index contributed by atoms with van der Waals surface area (Å²) in [6.07, 6.45) is 0. The maximum absolute atomic E-state index is 11.1. The molecular weight excluding hydrogens is 178 g/mol. The van der Waals surface area contributed by atoms with Crippen LogP contribution in [0, 0.1) is 0 Å². The number of nitrogen functional groups attached to an aromatic ring is 1. The highest BCUT2D eigenvalue weighted by Gasteiger charge is 2.10. The number of sulfonamides is 1. The van der Waals surface area contributed by atoms with E-state index in [9.17, 15) is 8.42 Å². The summed E-state index contributed by atoms with van der Waals surface area (Å²) in [5.74, 6) is 4.81. The molecule has 6 heteroatoms. The zero-order valence-electron chi connectivity index (χ0n) is 6.19. The van der Waals surface area contributed by atoms with Crippen LogP contribution in [-0.2, 0) is 10.0 Å². The molecule has 0 saturated carbocycles. The summed E-state index contributed by atoms with van der Waals surface area (Å²) in [7, 11) is -3.57. The Morgan fingerprint density at radius 1 is 1.33 bits per heavy atom. The van der Waals surface area contributed by atoms with E-state index in [1.807, 2.05) is 0 Å². The Bertz CT molecular complexity index is 374. The fourth-order valence-electron chi connectivity index (χ4n) is 0.750. The van der Waals surface area contributed by atoms with Gasteiger partial charge in [-0.3, -0.25) is 5.84 Å². The quantitative estimate of drug-likeness (QED) is 0.328. The van der Waals surface area contributed by atoms with E-state index in [0.29, 0.717) is 5.69 Å². The van der Waals surface area contributed by atoms with Crippen LogP contribution in [0.1, 0.15) is 0 Å². The number of rotatable bonds is 2. The van der Waals surface area contributed by atoms with Gasteiger partial charge in [-0.1, -0.05) is 6.07 Å². The van der Waals surface area contributed by atoms with Crippen LogP contribution in [0.15, 0.2) is 29.2 Å². The van der Waals surface area contributed by atoms with Crippen LogP contribution in [0.3, 0.4) is 0 Å². The van der Waals surface area contributed by atoms with Crippen molar-refractivity contribution in [2.75, 3.05) is 5.73 Å². The molecule has 66 valence electrons. The summed E-state index contributed by atoms with van der Waals surface area (Å²) in [5, 5.41) is 0. The van der Waals surface area contributed by atoms with E-state index in [-0.39, 0.29) is 4.90 Å². The van der Waals surface area contributed by atoms with Crippen LogP contribution < -0.4 is 16.4 Å². The zero-order chi connectivity index (χ0) is 9.19. The van der Waals surface area contributed by atoms with Crippen molar-refractivity contribution in [2.45, 2.75) is 4.90 Å². The van der Waals surface area contributed by atoms with Crippen molar-refractivity contribution in [2.24, 2.45) is 5.84 Å². The van der Waals surface area contributed by atoms with Gasteiger partial charge in [0.2, 0.25) is 0 Å². The second kappa shape index (κ2) is 3.10. The summed E-state index contributed by atoms with van der Waals surface area (Å²) in [5.41, 5.74) is 5.76. The van der Waals surface area contributed by atoms with E-state index in [0.717, 1.165) is 0 Å². The first-order valence-corrected chi connectivity index (χ1v) is 4.62. The van der Waals surface area contributed by atoms with Gasteiger partial charge in [0.15, 0.2) is 0 Å². The highest BCUT2D eigenvalue weighted by atomic mass is 32.2. The van der Waals surface area contributed by atoms with E-state index in [4.69, 9.17) is 11.6 Å². The minimum atomic E-state index is -3.57. The minimum absolute atomic E-state index is 0.0602. The Balaban J connectivity index is 3.21. The van der Waals surface area contributed by atoms with Gasteiger partial charge in [-0.05, 0) is 18.2 Å². The van der Waals surface area contributed by atoms with Gasteiger partial charge in [0.05, 0.1) is 4.90 Å². The predicted octanol–water partition coefficient (Wildman–Crippen LogP) is -0.579. The molecule has 5 nitrogen and oxygen atoms in total. The van der Waals surface area contributed by atoms with Gasteiger partial charge >= 0.3 is 0 Å². The molecule has 0 aromatic heterocycles. The van der Waals surface area contributed by atoms with Crippen molar-refractivity contribution in [1.29, 1.82) is 0 Å². The first kappa shape index (κ1) is 8.98. The molecule has 1 aromatic carbocycles. The molecule has 1 aromatic rings. The third-order valence-electron chi connectivity index (χ3n) is 1.32. The lowest BCUT2D eigenvalue weighted by Gasteiger charge is -2.01. The molecule has 0 spiro atoms. The monoisotopic (exact) mass is 187 g/mol. The van der Waals surface area contributed by atoms with E-state index in [1.54, 1.807) is 17.0 Å². The van der Waals surface area contributed by atoms with Gasteiger partial charge in [0.1, 0.15) is 0 Å². The molecule has 0 heterocycles. The van der Waals surface area contributed by atoms with Gasteiger partial charge in [0.25, 0.3) is 10.0 Å². The molecule has 0 aliphatic rings. The van der Waals surface area contributed by atoms with Crippen LogP contribution in [-0.4, -0.2) is 8.42 Å². The number of nitrogens with one attached hydrogen (secondary N) is 1. The second-order valence-electron chi connectivity index (χ2n) is 2.19. The third-order valence-corrected chi connectivity index (χ3v) is 2.51. The molecule has 0 radical (unpaired) electrons. The van der Waals surface area contributed by atoms with Gasteiger partial charge in [0, 0.05) is 5.69 Å². The number of hydrazine groups is 1. The van der Waals surface area contributed by atoms with Crippen molar-refractivity contribution in [1.82, 2.24) is 4.83 Å². The predicted molar refractivity (Wildman–Crippen MR) is 45.4 cm³/mol. The molecule has 0 fully saturated rings. The lowest BCUT2D eigenvalue weighted by molar-refractivity contribution is 0.584. The SMILES string of the molecule is NNS(=O)(=O)c1cccc(N)c1. The molecule has 0 aliphatic heterocycles. The molecule has 0 amide bonds. The number of hydrogen-bond acceptors (Lipinski definition) is 4. The molecule has 12 heavy (non-hydrogen) atoms. The van der Waals surface area contributed by atoms with E-state index >= 15 is 0 Å². The van der Waals surface area contributed by atoms with Crippen LogP contribution in [0.4, 0.5) is 5.69 Å². The Labute approximate surface area is 70.4 Å². The van der Waals surface area contributed by atoms with Gasteiger partial charge in [-0.15, -0.1) is 0 Å². The van der Waals surface area contributed by atoms with Crippen LogP contribution in [0.25, 0.3) is 0 Å². The van der Waals surface area contributed by atoms with Crippen molar-refractivity contribution < 1.29 is 8.42 Å². The zero-order valence-corrected chi connectivity index (χ0v) is 7.01. The number of benzene rings is 1. The van der Waals surface area contributed by atoms with E-state index in [1.165, 1.54) is 12.1 Å². The van der Waals surface area contributed by atoms with Crippen molar-refractivity contribution >= 4 is 15.7 Å². The maximum Gasteiger partial charge on any atom is 0.253 e. The molecular formula is C6H9N3O2S. The Kier molecular flexibility index (Phi) is 2.32. The number of nitrogens with two attached hydrogens (primary N) is 2. The largest absolute Gasteiger partial charge is 0.399 e. The maximum atomic E-state index is 11.1. The number of anilines is 1. The molecule has 1 rings (SSSR count). The molecule has 0 aliphatic carbocycles. The standard InChI is InChI=1S/C6H9N3O2S/c7-5-2-1-3-6(4-5)12(10,11)9-8/h1-4,9H,7-8H2. The fourth-order valence-corrected chi connectivity index (χ4v) is 1.43. The van der Waals surface area contributed by atoms with Gasteiger partial charge in [-0.25, -0.2) is 8.42 Å². The minimum Gasteiger partial charge on any atom is -0.399 e. The average molecular weight is 187 g/mol. The summed E-state index contributed by atoms with van der Waals surface area (Å²) >= 11 is 0. The van der Waals surface area contributed by atoms with Crippen LogP contribution in [0.2, 0.25) is 0 Å². The molecule has 0 bridgehead atoms. The topological polar surface area (TPSA) is 98.2 Å². The van der Waals surface area contributed by atoms with Gasteiger partial charge in [-0.2, -0.15) is 4.83 Å². The molecule has 0 saturated heterocycles. The van der Waals surface area contributed by atoms with Crippen LogP contribution in [0.5, 0.6) is 0 Å². The summed E-state index contributed by atoms with van der Waals surface area (Å²) in [6, 6.07) is 5.87. The van der Waals surface area contributed by atoms with Crippen molar-refractivity contribution in [3.05, 3.63) is 24.3 Å². The highest BCUT2D eigenvalue weighted by Crippen LogP contribution is 2.11. The normalized spacial score (nSPS) is 11.4. The highest BCUT2D eigenvalue weighted by molar-refractivity contribution is 7.89. The molecule has 5 N–H and O–H groups in total. The van der Waals surface area contributed by atoms with Gasteiger partial charge < -0.3 is 5.73 Å². The number of hydrogen-bond donors (Lipinski definition) is 3. The first-order valence-electron chi connectivity index (χ1n) is 3.14. The molecule has 0 unspecified atom stereocenters. The second-order valence-corrected chi connectivity index (χ2v) is 3.91. The lowest BCUT2D eigenvalue weighted by Crippen LogP contribution is -2.30. The fraction of sp³-hybridized carbons (Fsp3) is 0. The summed E-state index contributed by atoms with van der Waals surface area (Å²) in [6.45, 7) is 0. The van der Waals surface area contributed by atoms with E-state index in [2.05, 4.69) is 0 Å². The van der Waals surface area contributed by atoms with Crippen LogP contribution >= 0.6 is 0 Å². The summed E-state index contributed by atoms with van der Waals surface area (Å²) < 4.78 is 22.1. The Hall–Kier alpha value is -1.11. The lowest BCUT2D eigenvalue weighted by atomic mass is 10.3.